The van der Waals surface area contributed by atoms with E-state index in [9.17, 15) is 14.4 Å². The lowest BCUT2D eigenvalue weighted by Gasteiger charge is -2.34. The van der Waals surface area contributed by atoms with E-state index in [2.05, 4.69) is 20.9 Å². The molecule has 8 nitrogen and oxygen atoms in total. The molecular weight excluding hydrogens is 358 g/mol. The number of urea groups is 1. The van der Waals surface area contributed by atoms with Gasteiger partial charge in [-0.3, -0.25) is 14.5 Å². The highest BCUT2D eigenvalue weighted by Crippen LogP contribution is 2.19. The fourth-order valence-electron chi connectivity index (χ4n) is 3.27. The van der Waals surface area contributed by atoms with Gasteiger partial charge in [-0.05, 0) is 49.9 Å². The number of hydrogen-bond acceptors (Lipinski definition) is 4. The van der Waals surface area contributed by atoms with E-state index in [4.69, 9.17) is 0 Å². The van der Waals surface area contributed by atoms with E-state index in [-0.39, 0.29) is 17.8 Å². The van der Waals surface area contributed by atoms with Gasteiger partial charge in [-0.25, -0.2) is 4.79 Å². The molecule has 0 radical (unpaired) electrons. The predicted octanol–water partition coefficient (Wildman–Crippen LogP) is 1.01. The minimum Gasteiger partial charge on any atom is -0.352 e. The molecule has 3 N–H and O–H groups in total. The molecule has 150 valence electrons. The van der Waals surface area contributed by atoms with Gasteiger partial charge in [0.1, 0.15) is 0 Å². The average molecular weight is 385 g/mol. The monoisotopic (exact) mass is 385 g/mol. The Morgan fingerprint density at radius 3 is 2.07 bits per heavy atom. The Kier molecular flexibility index (Phi) is 5.47. The van der Waals surface area contributed by atoms with Crippen molar-refractivity contribution in [2.75, 3.05) is 38.0 Å². The zero-order chi connectivity index (χ0) is 19.5. The second-order valence-electron chi connectivity index (χ2n) is 7.86. The van der Waals surface area contributed by atoms with E-state index in [0.717, 1.165) is 25.7 Å². The van der Waals surface area contributed by atoms with Crippen LogP contribution in [0.5, 0.6) is 0 Å². The number of nitrogens with one attached hydrogen (secondary N) is 3. The van der Waals surface area contributed by atoms with Gasteiger partial charge < -0.3 is 20.9 Å². The third-order valence-corrected chi connectivity index (χ3v) is 5.27. The molecule has 2 saturated carbocycles. The van der Waals surface area contributed by atoms with Crippen molar-refractivity contribution in [1.29, 1.82) is 0 Å². The average Bonchev–Trinajstić information content (AvgIpc) is 3.60. The summed E-state index contributed by atoms with van der Waals surface area (Å²) in [5.41, 5.74) is 1.27. The molecule has 3 aliphatic rings. The Morgan fingerprint density at radius 1 is 0.857 bits per heavy atom. The van der Waals surface area contributed by atoms with E-state index in [1.54, 1.807) is 24.3 Å². The molecule has 0 unspecified atom stereocenters. The SMILES string of the molecule is O=C(CN1CCN(C(=O)c2ccc(NC(=O)NC3CC3)cc2)CC1)NC1CC1. The van der Waals surface area contributed by atoms with Gasteiger partial charge in [0.15, 0.2) is 0 Å². The zero-order valence-corrected chi connectivity index (χ0v) is 15.9. The van der Waals surface area contributed by atoms with Crippen LogP contribution in [-0.2, 0) is 4.79 Å². The van der Waals surface area contributed by atoms with Crippen molar-refractivity contribution in [1.82, 2.24) is 20.4 Å². The van der Waals surface area contributed by atoms with Crippen molar-refractivity contribution < 1.29 is 14.4 Å². The number of rotatable bonds is 6. The number of carbonyl (C=O) groups excluding carboxylic acids is 3. The summed E-state index contributed by atoms with van der Waals surface area (Å²) in [7, 11) is 0. The molecule has 1 saturated heterocycles. The van der Waals surface area contributed by atoms with Crippen LogP contribution >= 0.6 is 0 Å². The number of hydrogen-bond donors (Lipinski definition) is 3. The van der Waals surface area contributed by atoms with Gasteiger partial charge in [0.2, 0.25) is 5.91 Å². The lowest BCUT2D eigenvalue weighted by atomic mass is 10.1. The summed E-state index contributed by atoms with van der Waals surface area (Å²) in [5, 5.41) is 8.64. The number of amides is 4. The Balaban J connectivity index is 1.22. The van der Waals surface area contributed by atoms with Crippen molar-refractivity contribution in [3.05, 3.63) is 29.8 Å². The molecule has 3 fully saturated rings. The van der Waals surface area contributed by atoms with E-state index in [1.165, 1.54) is 0 Å². The number of carbonyl (C=O) groups is 3. The number of anilines is 1. The van der Waals surface area contributed by atoms with E-state index in [1.807, 2.05) is 4.90 Å². The van der Waals surface area contributed by atoms with E-state index < -0.39 is 0 Å². The third kappa shape index (κ3) is 5.22. The molecule has 0 bridgehead atoms. The van der Waals surface area contributed by atoms with E-state index >= 15 is 0 Å². The van der Waals surface area contributed by atoms with Crippen molar-refractivity contribution in [2.24, 2.45) is 0 Å². The van der Waals surface area contributed by atoms with E-state index in [0.29, 0.717) is 56.1 Å². The van der Waals surface area contributed by atoms with Gasteiger partial charge in [-0.2, -0.15) is 0 Å². The molecule has 0 aromatic heterocycles. The maximum absolute atomic E-state index is 12.7. The smallest absolute Gasteiger partial charge is 0.319 e. The summed E-state index contributed by atoms with van der Waals surface area (Å²) in [6, 6.07) is 7.46. The van der Waals surface area contributed by atoms with Gasteiger partial charge in [-0.15, -0.1) is 0 Å². The molecule has 4 rings (SSSR count). The molecular formula is C20H27N5O3. The number of benzene rings is 1. The van der Waals surface area contributed by atoms with Gasteiger partial charge in [0.05, 0.1) is 6.54 Å². The minimum atomic E-state index is -0.205. The molecule has 1 aromatic rings. The molecule has 28 heavy (non-hydrogen) atoms. The quantitative estimate of drug-likeness (QED) is 0.681. The minimum absolute atomic E-state index is 0.0175. The first-order chi connectivity index (χ1) is 13.6. The predicted molar refractivity (Wildman–Crippen MR) is 105 cm³/mol. The fourth-order valence-corrected chi connectivity index (χ4v) is 3.27. The largest absolute Gasteiger partial charge is 0.352 e. The first-order valence-electron chi connectivity index (χ1n) is 10.1. The summed E-state index contributed by atoms with van der Waals surface area (Å²) >= 11 is 0. The normalized spacial score (nSPS) is 19.8. The summed E-state index contributed by atoms with van der Waals surface area (Å²) in [6.07, 6.45) is 4.26. The van der Waals surface area contributed by atoms with Gasteiger partial charge >= 0.3 is 6.03 Å². The lowest BCUT2D eigenvalue weighted by Crippen LogP contribution is -2.51. The summed E-state index contributed by atoms with van der Waals surface area (Å²) < 4.78 is 0. The fraction of sp³-hybridized carbons (Fsp3) is 0.550. The maximum Gasteiger partial charge on any atom is 0.319 e. The zero-order valence-electron chi connectivity index (χ0n) is 15.9. The van der Waals surface area contributed by atoms with Crippen molar-refractivity contribution >= 4 is 23.5 Å². The van der Waals surface area contributed by atoms with Crippen molar-refractivity contribution in [3.63, 3.8) is 0 Å². The van der Waals surface area contributed by atoms with Crippen LogP contribution in [-0.4, -0.2) is 72.5 Å². The highest BCUT2D eigenvalue weighted by molar-refractivity contribution is 5.95. The molecule has 8 heteroatoms. The highest BCUT2D eigenvalue weighted by atomic mass is 16.2. The summed E-state index contributed by atoms with van der Waals surface area (Å²) in [4.78, 5) is 40.3. The maximum atomic E-state index is 12.7. The lowest BCUT2D eigenvalue weighted by molar-refractivity contribution is -0.122. The van der Waals surface area contributed by atoms with Crippen LogP contribution in [0, 0.1) is 0 Å². The number of piperazine rings is 1. The van der Waals surface area contributed by atoms with Gasteiger partial charge in [0, 0.05) is 49.5 Å². The van der Waals surface area contributed by atoms with Gasteiger partial charge in [0.25, 0.3) is 5.91 Å². The van der Waals surface area contributed by atoms with Crippen LogP contribution in [0.25, 0.3) is 0 Å². The molecule has 0 atom stereocenters. The highest BCUT2D eigenvalue weighted by Gasteiger charge is 2.27. The summed E-state index contributed by atoms with van der Waals surface area (Å²) in [5.74, 6) is 0.0622. The molecule has 1 heterocycles. The van der Waals surface area contributed by atoms with Crippen LogP contribution in [0.1, 0.15) is 36.0 Å². The second kappa shape index (κ2) is 8.18. The molecule has 2 aliphatic carbocycles. The molecule has 0 spiro atoms. The first kappa shape index (κ1) is 18.7. The molecule has 1 aliphatic heterocycles. The third-order valence-electron chi connectivity index (χ3n) is 5.27. The summed E-state index contributed by atoms with van der Waals surface area (Å²) in [6.45, 7) is 3.02. The van der Waals surface area contributed by atoms with Crippen molar-refractivity contribution in [3.8, 4) is 0 Å². The molecule has 4 amide bonds. The topological polar surface area (TPSA) is 93.8 Å². The van der Waals surface area contributed by atoms with Crippen LogP contribution < -0.4 is 16.0 Å². The molecule has 1 aromatic carbocycles. The first-order valence-corrected chi connectivity index (χ1v) is 10.1. The number of nitrogens with zero attached hydrogens (tertiary/aromatic N) is 2. The van der Waals surface area contributed by atoms with Gasteiger partial charge in [-0.1, -0.05) is 0 Å². The van der Waals surface area contributed by atoms with Crippen LogP contribution in [0.15, 0.2) is 24.3 Å². The Labute approximate surface area is 164 Å². The van der Waals surface area contributed by atoms with Crippen molar-refractivity contribution in [2.45, 2.75) is 37.8 Å². The Hall–Kier alpha value is -2.61. The van der Waals surface area contributed by atoms with Crippen LogP contribution in [0.2, 0.25) is 0 Å². The standard InChI is InChI=1S/C20H27N5O3/c26-18(21-15-5-6-15)13-24-9-11-25(12-10-24)19(27)14-1-3-16(4-2-14)22-20(28)23-17-7-8-17/h1-4,15,17H,5-13H2,(H,21,26)(H2,22,23,28). The Morgan fingerprint density at radius 2 is 1.46 bits per heavy atom. The second-order valence-corrected chi connectivity index (χ2v) is 7.86. The van der Waals surface area contributed by atoms with Crippen LogP contribution in [0.4, 0.5) is 10.5 Å². The van der Waals surface area contributed by atoms with Crippen LogP contribution in [0.3, 0.4) is 0 Å². The Bertz CT molecular complexity index is 735.